The normalized spacial score (nSPS) is 10.7. The van der Waals surface area contributed by atoms with E-state index in [4.69, 9.17) is 14.5 Å². The molecule has 0 radical (unpaired) electrons. The van der Waals surface area contributed by atoms with Gasteiger partial charge in [-0.05, 0) is 5.56 Å². The van der Waals surface area contributed by atoms with Crippen LogP contribution in [0.25, 0.3) is 21.8 Å². The van der Waals surface area contributed by atoms with Gasteiger partial charge in [0.1, 0.15) is 16.5 Å². The fraction of sp³-hybridized carbons (Fsp3) is 0.160. The summed E-state index contributed by atoms with van der Waals surface area (Å²) in [4.78, 5) is 22.7. The van der Waals surface area contributed by atoms with Crippen LogP contribution >= 0.6 is 11.3 Å². The zero-order chi connectivity index (χ0) is 22.2. The predicted octanol–water partition coefficient (Wildman–Crippen LogP) is 4.83. The molecule has 4 aromatic rings. The topological polar surface area (TPSA) is 73.3 Å². The molecule has 0 bridgehead atoms. The van der Waals surface area contributed by atoms with Gasteiger partial charge in [0, 0.05) is 37.0 Å². The van der Waals surface area contributed by atoms with E-state index in [1.165, 1.54) is 11.3 Å². The van der Waals surface area contributed by atoms with Crippen molar-refractivity contribution in [2.24, 2.45) is 0 Å². The van der Waals surface area contributed by atoms with Crippen molar-refractivity contribution in [2.45, 2.75) is 6.54 Å². The minimum absolute atomic E-state index is 0.163. The lowest BCUT2D eigenvalue weighted by Crippen LogP contribution is -2.22. The monoisotopic (exact) mass is 445 g/mol. The molecular formula is C25H23N3O3S. The number of carbonyl (C=O) groups is 1. The van der Waals surface area contributed by atoms with Crippen molar-refractivity contribution in [1.82, 2.24) is 15.3 Å². The molecule has 0 aliphatic rings. The molecule has 0 saturated carbocycles. The molecule has 2 aromatic heterocycles. The van der Waals surface area contributed by atoms with Crippen molar-refractivity contribution < 1.29 is 14.3 Å². The highest BCUT2D eigenvalue weighted by Crippen LogP contribution is 2.33. The van der Waals surface area contributed by atoms with E-state index in [1.54, 1.807) is 19.4 Å². The van der Waals surface area contributed by atoms with Crippen LogP contribution in [0.1, 0.15) is 15.2 Å². The molecule has 2 aromatic carbocycles. The number of nitrogens with zero attached hydrogens (tertiary/aromatic N) is 2. The maximum Gasteiger partial charge on any atom is 0.263 e. The number of benzene rings is 2. The molecular weight excluding hydrogens is 422 g/mol. The Kier molecular flexibility index (Phi) is 7.22. The van der Waals surface area contributed by atoms with Crippen molar-refractivity contribution in [3.8, 4) is 27.7 Å². The first-order valence-corrected chi connectivity index (χ1v) is 11.0. The number of rotatable bonds is 9. The molecule has 6 nitrogen and oxygen atoms in total. The summed E-state index contributed by atoms with van der Waals surface area (Å²) in [6, 6.07) is 23.3. The first-order valence-electron chi connectivity index (χ1n) is 10.2. The maximum absolute atomic E-state index is 13.1. The van der Waals surface area contributed by atoms with E-state index in [1.807, 2.05) is 66.7 Å². The van der Waals surface area contributed by atoms with Gasteiger partial charge in [-0.3, -0.25) is 4.79 Å². The minimum Gasteiger partial charge on any atom is -0.475 e. The lowest BCUT2D eigenvalue weighted by Gasteiger charge is -2.07. The molecule has 0 fully saturated rings. The van der Waals surface area contributed by atoms with Crippen molar-refractivity contribution in [3.05, 3.63) is 89.4 Å². The molecule has 0 spiro atoms. The number of pyridine rings is 1. The van der Waals surface area contributed by atoms with Gasteiger partial charge >= 0.3 is 0 Å². The van der Waals surface area contributed by atoms with E-state index in [-0.39, 0.29) is 5.91 Å². The molecule has 32 heavy (non-hydrogen) atoms. The van der Waals surface area contributed by atoms with Gasteiger partial charge in [-0.1, -0.05) is 66.7 Å². The summed E-state index contributed by atoms with van der Waals surface area (Å²) in [5, 5.41) is 3.81. The first-order chi connectivity index (χ1) is 15.7. The Labute approximate surface area is 190 Å². The standard InChI is InChI=1S/C25H23N3O3S/c1-30-14-15-31-21-13-12-18(16-26-21)17-27-24(29)23-22(19-8-4-2-5-9-19)28-25(32-23)20-10-6-3-7-11-20/h2-13,16H,14-15,17H2,1H3,(H,27,29). The SMILES string of the molecule is COCCOc1ccc(CNC(=O)c2sc(-c3ccccc3)nc2-c2ccccc2)cn1. The number of aromatic nitrogens is 2. The number of ether oxygens (including phenoxy) is 2. The highest BCUT2D eigenvalue weighted by Gasteiger charge is 2.20. The van der Waals surface area contributed by atoms with E-state index in [0.717, 1.165) is 21.7 Å². The van der Waals surface area contributed by atoms with Gasteiger partial charge < -0.3 is 14.8 Å². The van der Waals surface area contributed by atoms with Gasteiger partial charge in [-0.2, -0.15) is 0 Å². The Balaban J connectivity index is 1.51. The number of methoxy groups -OCH3 is 1. The Morgan fingerprint density at radius 3 is 2.31 bits per heavy atom. The van der Waals surface area contributed by atoms with Crippen LogP contribution in [0, 0.1) is 0 Å². The average Bonchev–Trinajstić information content (AvgIpc) is 3.30. The Hall–Kier alpha value is -3.55. The van der Waals surface area contributed by atoms with E-state index < -0.39 is 0 Å². The Morgan fingerprint density at radius 2 is 1.66 bits per heavy atom. The molecule has 0 aliphatic heterocycles. The largest absolute Gasteiger partial charge is 0.475 e. The number of hydrogen-bond acceptors (Lipinski definition) is 6. The van der Waals surface area contributed by atoms with Crippen molar-refractivity contribution in [2.75, 3.05) is 20.3 Å². The van der Waals surface area contributed by atoms with E-state index in [0.29, 0.717) is 36.2 Å². The fourth-order valence-electron chi connectivity index (χ4n) is 3.06. The average molecular weight is 446 g/mol. The zero-order valence-electron chi connectivity index (χ0n) is 17.7. The van der Waals surface area contributed by atoms with Gasteiger partial charge in [0.25, 0.3) is 5.91 Å². The van der Waals surface area contributed by atoms with Crippen LogP contribution in [0.15, 0.2) is 79.0 Å². The molecule has 2 heterocycles. The molecule has 7 heteroatoms. The Morgan fingerprint density at radius 1 is 0.938 bits per heavy atom. The van der Waals surface area contributed by atoms with Crippen LogP contribution in [0.2, 0.25) is 0 Å². The van der Waals surface area contributed by atoms with Gasteiger partial charge in [-0.15, -0.1) is 11.3 Å². The third-order valence-corrected chi connectivity index (χ3v) is 5.79. The smallest absolute Gasteiger partial charge is 0.263 e. The Bertz CT molecular complexity index is 1150. The van der Waals surface area contributed by atoms with Crippen LogP contribution in [-0.4, -0.2) is 36.2 Å². The van der Waals surface area contributed by atoms with Crippen molar-refractivity contribution in [3.63, 3.8) is 0 Å². The van der Waals surface area contributed by atoms with Gasteiger partial charge in [0.15, 0.2) is 0 Å². The second-order valence-corrected chi connectivity index (χ2v) is 7.96. The quantitative estimate of drug-likeness (QED) is 0.374. The second kappa shape index (κ2) is 10.7. The number of carbonyl (C=O) groups excluding carboxylic acids is 1. The lowest BCUT2D eigenvalue weighted by atomic mass is 10.1. The first kappa shape index (κ1) is 21.7. The molecule has 1 N–H and O–H groups in total. The van der Waals surface area contributed by atoms with E-state index >= 15 is 0 Å². The molecule has 0 atom stereocenters. The summed E-state index contributed by atoms with van der Waals surface area (Å²) in [7, 11) is 1.62. The highest BCUT2D eigenvalue weighted by atomic mass is 32.1. The zero-order valence-corrected chi connectivity index (χ0v) is 18.5. The maximum atomic E-state index is 13.1. The van der Waals surface area contributed by atoms with Gasteiger partial charge in [0.05, 0.1) is 12.3 Å². The van der Waals surface area contributed by atoms with Crippen molar-refractivity contribution >= 4 is 17.2 Å². The van der Waals surface area contributed by atoms with Crippen LogP contribution in [0.4, 0.5) is 0 Å². The molecule has 0 aliphatic carbocycles. The van der Waals surface area contributed by atoms with Crippen LogP contribution in [0.5, 0.6) is 5.88 Å². The van der Waals surface area contributed by atoms with E-state index in [9.17, 15) is 4.79 Å². The molecule has 1 amide bonds. The van der Waals surface area contributed by atoms with Crippen LogP contribution in [0.3, 0.4) is 0 Å². The van der Waals surface area contributed by atoms with Gasteiger partial charge in [-0.25, -0.2) is 9.97 Å². The summed E-state index contributed by atoms with van der Waals surface area (Å²) < 4.78 is 10.4. The summed E-state index contributed by atoms with van der Waals surface area (Å²) in [6.45, 7) is 1.30. The molecule has 4 rings (SSSR count). The lowest BCUT2D eigenvalue weighted by molar-refractivity contribution is 0.0955. The van der Waals surface area contributed by atoms with Crippen LogP contribution in [-0.2, 0) is 11.3 Å². The van der Waals surface area contributed by atoms with Crippen LogP contribution < -0.4 is 10.1 Å². The number of thiazole rings is 1. The molecule has 162 valence electrons. The summed E-state index contributed by atoms with van der Waals surface area (Å²) >= 11 is 1.39. The summed E-state index contributed by atoms with van der Waals surface area (Å²) in [6.07, 6.45) is 1.70. The fourth-order valence-corrected chi connectivity index (χ4v) is 4.07. The summed E-state index contributed by atoms with van der Waals surface area (Å²) in [5.74, 6) is 0.363. The molecule has 0 unspecified atom stereocenters. The predicted molar refractivity (Wildman–Crippen MR) is 126 cm³/mol. The summed E-state index contributed by atoms with van der Waals surface area (Å²) in [5.41, 5.74) is 3.47. The third kappa shape index (κ3) is 5.38. The van der Waals surface area contributed by atoms with Crippen molar-refractivity contribution in [1.29, 1.82) is 0 Å². The highest BCUT2D eigenvalue weighted by molar-refractivity contribution is 7.17. The van der Waals surface area contributed by atoms with Gasteiger partial charge in [0.2, 0.25) is 5.88 Å². The minimum atomic E-state index is -0.163. The number of hydrogen-bond donors (Lipinski definition) is 1. The molecule has 0 saturated heterocycles. The third-order valence-electron chi connectivity index (χ3n) is 4.69. The van der Waals surface area contributed by atoms with E-state index in [2.05, 4.69) is 10.3 Å². The number of amides is 1. The number of nitrogens with one attached hydrogen (secondary N) is 1. The second-order valence-electron chi connectivity index (χ2n) is 6.96.